The molecule has 0 saturated heterocycles. The fourth-order valence-corrected chi connectivity index (χ4v) is 6.12. The van der Waals surface area contributed by atoms with E-state index >= 15 is 0 Å². The normalized spacial score (nSPS) is 15.4. The van der Waals surface area contributed by atoms with Crippen molar-refractivity contribution in [3.05, 3.63) is 107 Å². The molecule has 0 aliphatic carbocycles. The number of ether oxygens (including phenoxy) is 1. The molecule has 1 atom stereocenters. The lowest BCUT2D eigenvalue weighted by molar-refractivity contribution is -0.139. The quantitative estimate of drug-likeness (QED) is 0.202. The van der Waals surface area contributed by atoms with Crippen molar-refractivity contribution in [3.8, 4) is 11.3 Å². The van der Waals surface area contributed by atoms with Crippen LogP contribution in [0.5, 0.6) is 0 Å². The number of hydrogen-bond acceptors (Lipinski definition) is 7. The van der Waals surface area contributed by atoms with E-state index in [2.05, 4.69) is 4.99 Å². The van der Waals surface area contributed by atoms with E-state index in [1.54, 1.807) is 60.5 Å². The maximum Gasteiger partial charge on any atom is 0.338 e. The van der Waals surface area contributed by atoms with Crippen LogP contribution in [0.25, 0.3) is 17.4 Å². The predicted molar refractivity (Wildman–Crippen MR) is 153 cm³/mol. The number of carbonyl (C=O) groups is 1. The summed E-state index contributed by atoms with van der Waals surface area (Å²) in [6, 6.07) is 16.0. The Morgan fingerprint density at radius 2 is 1.95 bits per heavy atom. The minimum absolute atomic E-state index is 0.218. The molecule has 0 amide bonds. The number of carbonyl (C=O) groups excluding carboxylic acids is 1. The summed E-state index contributed by atoms with van der Waals surface area (Å²) in [5, 5.41) is 0.817. The molecule has 38 heavy (non-hydrogen) atoms. The van der Waals surface area contributed by atoms with E-state index in [1.807, 2.05) is 36.6 Å². The van der Waals surface area contributed by atoms with Crippen molar-refractivity contribution in [1.82, 2.24) is 4.57 Å². The third-order valence-corrected chi connectivity index (χ3v) is 8.61. The van der Waals surface area contributed by atoms with Gasteiger partial charge in [-0.25, -0.2) is 9.79 Å². The molecule has 2 aromatic carbocycles. The molecular formula is C28H22Cl2N2O4S2. The van der Waals surface area contributed by atoms with Gasteiger partial charge in [0.1, 0.15) is 11.5 Å². The highest BCUT2D eigenvalue weighted by Crippen LogP contribution is 2.35. The zero-order chi connectivity index (χ0) is 27.0. The van der Waals surface area contributed by atoms with Gasteiger partial charge in [-0.3, -0.25) is 9.36 Å². The third kappa shape index (κ3) is 4.89. The number of benzene rings is 2. The SMILES string of the molecule is CCOC(=O)C1=C(C)N=c2s/c(=C\c3ccc(-c4cccc(Cl)c4Cl)o3)c(=O)n2C1c1ccc(SC)cc1. The van der Waals surface area contributed by atoms with Gasteiger partial charge in [-0.05, 0) is 62.1 Å². The number of esters is 1. The molecule has 1 aliphatic heterocycles. The summed E-state index contributed by atoms with van der Waals surface area (Å²) in [6.45, 7) is 3.73. The molecule has 1 aliphatic rings. The van der Waals surface area contributed by atoms with Crippen LogP contribution in [-0.2, 0) is 9.53 Å². The first-order chi connectivity index (χ1) is 18.3. The van der Waals surface area contributed by atoms with Gasteiger partial charge in [0, 0.05) is 16.5 Å². The number of rotatable bonds is 6. The summed E-state index contributed by atoms with van der Waals surface area (Å²) < 4.78 is 13.3. The second-order valence-electron chi connectivity index (χ2n) is 8.38. The molecule has 4 aromatic rings. The van der Waals surface area contributed by atoms with Gasteiger partial charge in [0.15, 0.2) is 4.80 Å². The van der Waals surface area contributed by atoms with E-state index in [-0.39, 0.29) is 12.2 Å². The van der Waals surface area contributed by atoms with Crippen molar-refractivity contribution in [3.63, 3.8) is 0 Å². The van der Waals surface area contributed by atoms with E-state index in [4.69, 9.17) is 32.4 Å². The van der Waals surface area contributed by atoms with E-state index in [9.17, 15) is 9.59 Å². The van der Waals surface area contributed by atoms with Crippen LogP contribution in [0.2, 0.25) is 10.0 Å². The second kappa shape index (κ2) is 11.0. The van der Waals surface area contributed by atoms with E-state index in [0.717, 1.165) is 10.5 Å². The molecule has 3 heterocycles. The van der Waals surface area contributed by atoms with Gasteiger partial charge in [0.2, 0.25) is 0 Å². The van der Waals surface area contributed by atoms with Crippen molar-refractivity contribution in [1.29, 1.82) is 0 Å². The van der Waals surface area contributed by atoms with Crippen molar-refractivity contribution in [2.24, 2.45) is 4.99 Å². The first kappa shape index (κ1) is 26.6. The lowest BCUT2D eigenvalue weighted by Gasteiger charge is -2.24. The molecule has 0 bridgehead atoms. The van der Waals surface area contributed by atoms with Gasteiger partial charge in [0.25, 0.3) is 5.56 Å². The summed E-state index contributed by atoms with van der Waals surface area (Å²) >= 11 is 15.4. The molecule has 10 heteroatoms. The molecule has 0 radical (unpaired) electrons. The Bertz CT molecular complexity index is 1750. The molecule has 0 saturated carbocycles. The Hall–Kier alpha value is -3.04. The molecule has 1 unspecified atom stereocenters. The standard InChI is InChI=1S/C28H22Cl2N2O4S2/c1-4-35-27(34)23-15(2)31-28-32(25(23)16-8-11-18(37-3)12-9-16)26(33)22(38-28)14-17-10-13-21(36-17)19-6-5-7-20(29)24(19)30/h5-14,25H,4H2,1-3H3/b22-14-. The zero-order valence-corrected chi connectivity index (χ0v) is 23.8. The molecule has 0 spiro atoms. The minimum atomic E-state index is -0.666. The minimum Gasteiger partial charge on any atom is -0.463 e. The van der Waals surface area contributed by atoms with Crippen molar-refractivity contribution < 1.29 is 13.9 Å². The maximum absolute atomic E-state index is 13.8. The maximum atomic E-state index is 13.8. The van der Waals surface area contributed by atoms with Crippen molar-refractivity contribution in [2.45, 2.75) is 24.8 Å². The highest BCUT2D eigenvalue weighted by molar-refractivity contribution is 7.98. The van der Waals surface area contributed by atoms with Gasteiger partial charge < -0.3 is 9.15 Å². The van der Waals surface area contributed by atoms with E-state index in [1.165, 1.54) is 11.3 Å². The van der Waals surface area contributed by atoms with Crippen LogP contribution >= 0.6 is 46.3 Å². The fraction of sp³-hybridized carbons (Fsp3) is 0.179. The number of allylic oxidation sites excluding steroid dienone is 1. The smallest absolute Gasteiger partial charge is 0.338 e. The van der Waals surface area contributed by atoms with Gasteiger partial charge in [0.05, 0.1) is 38.5 Å². The average Bonchev–Trinajstić information content (AvgIpc) is 3.49. The number of fused-ring (bicyclic) bond motifs is 1. The fourth-order valence-electron chi connectivity index (χ4n) is 4.29. The number of thiazole rings is 1. The van der Waals surface area contributed by atoms with Crippen LogP contribution in [0.15, 0.2) is 85.0 Å². The number of nitrogens with zero attached hydrogens (tertiary/aromatic N) is 2. The molecule has 0 N–H and O–H groups in total. The highest BCUT2D eigenvalue weighted by Gasteiger charge is 2.33. The Morgan fingerprint density at radius 3 is 2.66 bits per heavy atom. The number of furan rings is 1. The number of thioether (sulfide) groups is 1. The van der Waals surface area contributed by atoms with E-state index in [0.29, 0.717) is 47.7 Å². The highest BCUT2D eigenvalue weighted by atomic mass is 35.5. The summed E-state index contributed by atoms with van der Waals surface area (Å²) in [5.41, 5.74) is 2.04. The molecular weight excluding hydrogens is 563 g/mol. The molecule has 6 nitrogen and oxygen atoms in total. The van der Waals surface area contributed by atoms with Crippen LogP contribution in [0.3, 0.4) is 0 Å². The largest absolute Gasteiger partial charge is 0.463 e. The van der Waals surface area contributed by atoms with Crippen LogP contribution in [-0.4, -0.2) is 23.4 Å². The zero-order valence-electron chi connectivity index (χ0n) is 20.7. The van der Waals surface area contributed by atoms with E-state index < -0.39 is 12.0 Å². The molecule has 0 fully saturated rings. The Balaban J connectivity index is 1.64. The summed E-state index contributed by atoms with van der Waals surface area (Å²) in [5.74, 6) is 0.517. The van der Waals surface area contributed by atoms with Crippen LogP contribution in [0.1, 0.15) is 31.2 Å². The topological polar surface area (TPSA) is 73.8 Å². The van der Waals surface area contributed by atoms with Crippen molar-refractivity contribution in [2.75, 3.05) is 12.9 Å². The van der Waals surface area contributed by atoms with Crippen LogP contribution in [0, 0.1) is 0 Å². The van der Waals surface area contributed by atoms with Gasteiger partial charge in [-0.1, -0.05) is 52.7 Å². The number of halogens is 2. The van der Waals surface area contributed by atoms with Crippen molar-refractivity contribution >= 4 is 58.3 Å². The number of aromatic nitrogens is 1. The van der Waals surface area contributed by atoms with Crippen LogP contribution in [0.4, 0.5) is 0 Å². The summed E-state index contributed by atoms with van der Waals surface area (Å²) in [4.78, 5) is 33.0. The number of hydrogen-bond donors (Lipinski definition) is 0. The Morgan fingerprint density at radius 1 is 1.18 bits per heavy atom. The lowest BCUT2D eigenvalue weighted by Crippen LogP contribution is -2.39. The predicted octanol–water partition coefficient (Wildman–Crippen LogP) is 6.09. The van der Waals surface area contributed by atoms with Gasteiger partial charge in [-0.2, -0.15) is 0 Å². The van der Waals surface area contributed by atoms with Gasteiger partial charge >= 0.3 is 5.97 Å². The first-order valence-corrected chi connectivity index (χ1v) is 14.5. The summed E-state index contributed by atoms with van der Waals surface area (Å²) in [7, 11) is 0. The monoisotopic (exact) mass is 584 g/mol. The van der Waals surface area contributed by atoms with Crippen LogP contribution < -0.4 is 14.9 Å². The summed E-state index contributed by atoms with van der Waals surface area (Å²) in [6.07, 6.45) is 3.66. The lowest BCUT2D eigenvalue weighted by atomic mass is 9.96. The second-order valence-corrected chi connectivity index (χ2v) is 11.1. The third-order valence-electron chi connectivity index (χ3n) is 6.07. The van der Waals surface area contributed by atoms with Gasteiger partial charge in [-0.15, -0.1) is 11.8 Å². The molecule has 5 rings (SSSR count). The first-order valence-electron chi connectivity index (χ1n) is 11.7. The molecule has 2 aromatic heterocycles. The Labute approximate surface area is 236 Å². The molecule has 194 valence electrons. The average molecular weight is 586 g/mol. The Kier molecular flexibility index (Phi) is 7.68.